The van der Waals surface area contributed by atoms with Gasteiger partial charge in [0, 0.05) is 18.1 Å². The standard InChI is InChI=1S/C14H28N2O2/c1-10(14(17)18-5)11(2)16(4)13-8-6-12(15-3)7-9-13/h10-13,15H,6-9H2,1-5H3. The summed E-state index contributed by atoms with van der Waals surface area (Å²) in [6, 6.07) is 1.49. The molecule has 18 heavy (non-hydrogen) atoms. The van der Waals surface area contributed by atoms with Crippen molar-refractivity contribution < 1.29 is 9.53 Å². The van der Waals surface area contributed by atoms with Crippen molar-refractivity contribution in [1.29, 1.82) is 0 Å². The van der Waals surface area contributed by atoms with Crippen LogP contribution in [0.25, 0.3) is 0 Å². The number of nitrogens with zero attached hydrogens (tertiary/aromatic N) is 1. The maximum absolute atomic E-state index is 11.6. The van der Waals surface area contributed by atoms with Crippen LogP contribution >= 0.6 is 0 Å². The molecule has 1 rings (SSSR count). The molecule has 1 fully saturated rings. The SMILES string of the molecule is CNC1CCC(N(C)C(C)C(C)C(=O)OC)CC1. The molecular formula is C14H28N2O2. The van der Waals surface area contributed by atoms with Crippen LogP contribution in [0.1, 0.15) is 39.5 Å². The molecule has 0 bridgehead atoms. The molecule has 0 spiro atoms. The van der Waals surface area contributed by atoms with Crippen molar-refractivity contribution in [3.63, 3.8) is 0 Å². The summed E-state index contributed by atoms with van der Waals surface area (Å²) >= 11 is 0. The number of ether oxygens (including phenoxy) is 1. The fourth-order valence-electron chi connectivity index (χ4n) is 2.84. The molecule has 0 heterocycles. The predicted octanol–water partition coefficient (Wildman–Crippen LogP) is 1.65. The number of rotatable bonds is 5. The highest BCUT2D eigenvalue weighted by molar-refractivity contribution is 5.72. The van der Waals surface area contributed by atoms with Gasteiger partial charge < -0.3 is 10.1 Å². The summed E-state index contributed by atoms with van der Waals surface area (Å²) in [6.45, 7) is 4.07. The topological polar surface area (TPSA) is 41.6 Å². The fourth-order valence-corrected chi connectivity index (χ4v) is 2.84. The molecule has 1 aliphatic carbocycles. The van der Waals surface area contributed by atoms with E-state index in [0.717, 1.165) is 0 Å². The van der Waals surface area contributed by atoms with Gasteiger partial charge in [0.1, 0.15) is 0 Å². The van der Waals surface area contributed by atoms with E-state index in [2.05, 4.69) is 24.2 Å². The lowest BCUT2D eigenvalue weighted by atomic mass is 9.88. The van der Waals surface area contributed by atoms with Gasteiger partial charge in [-0.3, -0.25) is 9.69 Å². The maximum Gasteiger partial charge on any atom is 0.309 e. The summed E-state index contributed by atoms with van der Waals surface area (Å²) in [5.41, 5.74) is 0. The largest absolute Gasteiger partial charge is 0.469 e. The molecule has 1 aliphatic rings. The van der Waals surface area contributed by atoms with Crippen LogP contribution in [0.4, 0.5) is 0 Å². The third-order valence-corrected chi connectivity index (χ3v) is 4.62. The lowest BCUT2D eigenvalue weighted by Gasteiger charge is -2.39. The lowest BCUT2D eigenvalue weighted by molar-refractivity contribution is -0.147. The minimum atomic E-state index is -0.113. The van der Waals surface area contributed by atoms with Crippen molar-refractivity contribution in [2.24, 2.45) is 5.92 Å². The molecule has 0 aromatic carbocycles. The van der Waals surface area contributed by atoms with Gasteiger partial charge in [-0.1, -0.05) is 6.92 Å². The summed E-state index contributed by atoms with van der Waals surface area (Å²) in [4.78, 5) is 13.9. The Balaban J connectivity index is 2.49. The number of nitrogens with one attached hydrogen (secondary N) is 1. The van der Waals surface area contributed by atoms with Crippen LogP contribution in [-0.2, 0) is 9.53 Å². The molecular weight excluding hydrogens is 228 g/mol. The molecule has 4 nitrogen and oxygen atoms in total. The highest BCUT2D eigenvalue weighted by atomic mass is 16.5. The Morgan fingerprint density at radius 1 is 1.28 bits per heavy atom. The van der Waals surface area contributed by atoms with Crippen LogP contribution in [0, 0.1) is 5.92 Å². The Morgan fingerprint density at radius 3 is 2.28 bits per heavy atom. The van der Waals surface area contributed by atoms with Gasteiger partial charge in [-0.2, -0.15) is 0 Å². The summed E-state index contributed by atoms with van der Waals surface area (Å²) in [7, 11) is 5.63. The third-order valence-electron chi connectivity index (χ3n) is 4.62. The molecule has 106 valence electrons. The Hall–Kier alpha value is -0.610. The van der Waals surface area contributed by atoms with Gasteiger partial charge in [0.15, 0.2) is 0 Å². The number of hydrogen-bond donors (Lipinski definition) is 1. The average molecular weight is 256 g/mol. The van der Waals surface area contributed by atoms with E-state index in [1.807, 2.05) is 14.0 Å². The Labute approximate surface area is 111 Å². The monoisotopic (exact) mass is 256 g/mol. The zero-order valence-corrected chi connectivity index (χ0v) is 12.4. The highest BCUT2D eigenvalue weighted by Crippen LogP contribution is 2.25. The average Bonchev–Trinajstić information content (AvgIpc) is 2.44. The van der Waals surface area contributed by atoms with E-state index < -0.39 is 0 Å². The van der Waals surface area contributed by atoms with Crippen LogP contribution in [0.15, 0.2) is 0 Å². The molecule has 1 saturated carbocycles. The molecule has 0 radical (unpaired) electrons. The van der Waals surface area contributed by atoms with E-state index in [1.54, 1.807) is 0 Å². The highest BCUT2D eigenvalue weighted by Gasteiger charge is 2.30. The number of hydrogen-bond acceptors (Lipinski definition) is 4. The minimum absolute atomic E-state index is 0.0676. The van der Waals surface area contributed by atoms with Gasteiger partial charge in [-0.05, 0) is 46.7 Å². The van der Waals surface area contributed by atoms with Crippen LogP contribution in [0.5, 0.6) is 0 Å². The molecule has 2 unspecified atom stereocenters. The third kappa shape index (κ3) is 3.69. The Kier molecular flexibility index (Phi) is 6.09. The molecule has 0 aromatic rings. The molecule has 0 amide bonds. The van der Waals surface area contributed by atoms with Crippen LogP contribution in [0.3, 0.4) is 0 Å². The van der Waals surface area contributed by atoms with E-state index >= 15 is 0 Å². The first-order valence-electron chi connectivity index (χ1n) is 6.98. The molecule has 2 atom stereocenters. The summed E-state index contributed by atoms with van der Waals surface area (Å²) in [5, 5.41) is 3.35. The van der Waals surface area contributed by atoms with Crippen LogP contribution in [-0.4, -0.2) is 50.2 Å². The number of methoxy groups -OCH3 is 1. The molecule has 0 aromatic heterocycles. The van der Waals surface area contributed by atoms with Gasteiger partial charge in [-0.25, -0.2) is 0 Å². The van der Waals surface area contributed by atoms with Gasteiger partial charge in [-0.15, -0.1) is 0 Å². The Morgan fingerprint density at radius 2 is 1.83 bits per heavy atom. The first kappa shape index (κ1) is 15.4. The van der Waals surface area contributed by atoms with Gasteiger partial charge >= 0.3 is 5.97 Å². The Bertz CT molecular complexity index is 263. The number of carbonyl (C=O) groups excluding carboxylic acids is 1. The van der Waals surface area contributed by atoms with Gasteiger partial charge in [0.2, 0.25) is 0 Å². The molecule has 1 N–H and O–H groups in total. The lowest BCUT2D eigenvalue weighted by Crippen LogP contribution is -2.47. The van der Waals surface area contributed by atoms with Crippen LogP contribution < -0.4 is 5.32 Å². The predicted molar refractivity (Wildman–Crippen MR) is 73.5 cm³/mol. The second kappa shape index (κ2) is 7.10. The minimum Gasteiger partial charge on any atom is -0.469 e. The summed E-state index contributed by atoms with van der Waals surface area (Å²) in [5.74, 6) is -0.180. The van der Waals surface area contributed by atoms with Crippen molar-refractivity contribution >= 4 is 5.97 Å². The van der Waals surface area contributed by atoms with E-state index in [0.29, 0.717) is 12.1 Å². The normalized spacial score (nSPS) is 27.9. The zero-order valence-electron chi connectivity index (χ0n) is 12.4. The molecule has 0 aliphatic heterocycles. The van der Waals surface area contributed by atoms with Crippen molar-refractivity contribution in [2.45, 2.75) is 57.7 Å². The number of esters is 1. The van der Waals surface area contributed by atoms with E-state index in [9.17, 15) is 4.79 Å². The van der Waals surface area contributed by atoms with Crippen molar-refractivity contribution in [3.05, 3.63) is 0 Å². The first-order valence-corrected chi connectivity index (χ1v) is 6.98. The second-order valence-corrected chi connectivity index (χ2v) is 5.51. The summed E-state index contributed by atoms with van der Waals surface area (Å²) in [6.07, 6.45) is 4.87. The molecule has 0 saturated heterocycles. The fraction of sp³-hybridized carbons (Fsp3) is 0.929. The first-order chi connectivity index (χ1) is 8.51. The molecule has 4 heteroatoms. The van der Waals surface area contributed by atoms with E-state index in [4.69, 9.17) is 4.74 Å². The quantitative estimate of drug-likeness (QED) is 0.759. The number of carbonyl (C=O) groups is 1. The van der Waals surface area contributed by atoms with E-state index in [1.165, 1.54) is 32.8 Å². The smallest absolute Gasteiger partial charge is 0.309 e. The van der Waals surface area contributed by atoms with Gasteiger partial charge in [0.05, 0.1) is 13.0 Å². The maximum atomic E-state index is 11.6. The van der Waals surface area contributed by atoms with Gasteiger partial charge in [0.25, 0.3) is 0 Å². The second-order valence-electron chi connectivity index (χ2n) is 5.51. The van der Waals surface area contributed by atoms with Crippen LogP contribution in [0.2, 0.25) is 0 Å². The van der Waals surface area contributed by atoms with Crippen molar-refractivity contribution in [1.82, 2.24) is 10.2 Å². The van der Waals surface area contributed by atoms with E-state index in [-0.39, 0.29) is 17.9 Å². The van der Waals surface area contributed by atoms with Crippen molar-refractivity contribution in [2.75, 3.05) is 21.2 Å². The van der Waals surface area contributed by atoms with Crippen molar-refractivity contribution in [3.8, 4) is 0 Å². The zero-order chi connectivity index (χ0) is 13.7. The summed E-state index contributed by atoms with van der Waals surface area (Å²) < 4.78 is 4.83.